The first-order valence-electron chi connectivity index (χ1n) is 9.54. The predicted octanol–water partition coefficient (Wildman–Crippen LogP) is 2.44. The standard InChI is InChI=1S/C21H24N2O5/c1-12-9-16(13(2)27-12)21(26)23-8-7-19(18(24)11-23)28-15-5-3-14-4-6-20(25)22-17(14)10-15/h3,5,9-10,18-19,24H,4,6-8,11H2,1-2H3,(H,22,25)/t18-,19-/m1/s1. The van der Waals surface area contributed by atoms with Crippen LogP contribution in [0.4, 0.5) is 5.69 Å². The fourth-order valence-electron chi connectivity index (χ4n) is 3.84. The molecule has 2 amide bonds. The van der Waals surface area contributed by atoms with Crippen molar-refractivity contribution in [1.29, 1.82) is 0 Å². The Labute approximate surface area is 163 Å². The molecule has 2 aromatic rings. The van der Waals surface area contributed by atoms with Gasteiger partial charge in [0.2, 0.25) is 5.91 Å². The van der Waals surface area contributed by atoms with E-state index in [0.717, 1.165) is 17.7 Å². The van der Waals surface area contributed by atoms with Crippen molar-refractivity contribution in [2.45, 2.75) is 45.3 Å². The summed E-state index contributed by atoms with van der Waals surface area (Å²) in [5.74, 6) is 1.75. The summed E-state index contributed by atoms with van der Waals surface area (Å²) >= 11 is 0. The number of carbonyl (C=O) groups excluding carboxylic acids is 2. The van der Waals surface area contributed by atoms with Gasteiger partial charge in [-0.25, -0.2) is 0 Å². The summed E-state index contributed by atoms with van der Waals surface area (Å²) in [4.78, 5) is 25.9. The van der Waals surface area contributed by atoms with Gasteiger partial charge in [0.25, 0.3) is 5.91 Å². The van der Waals surface area contributed by atoms with Gasteiger partial charge in [-0.15, -0.1) is 0 Å². The molecule has 2 aliphatic rings. The maximum absolute atomic E-state index is 12.7. The number of amides is 2. The van der Waals surface area contributed by atoms with E-state index in [1.165, 1.54) is 0 Å². The minimum Gasteiger partial charge on any atom is -0.488 e. The van der Waals surface area contributed by atoms with Crippen molar-refractivity contribution < 1.29 is 23.8 Å². The minimum atomic E-state index is -0.795. The number of nitrogens with one attached hydrogen (secondary N) is 1. The largest absolute Gasteiger partial charge is 0.488 e. The number of hydrogen-bond donors (Lipinski definition) is 2. The molecule has 0 radical (unpaired) electrons. The first kappa shape index (κ1) is 18.6. The zero-order chi connectivity index (χ0) is 19.8. The summed E-state index contributed by atoms with van der Waals surface area (Å²) in [5, 5.41) is 13.4. The quantitative estimate of drug-likeness (QED) is 0.848. The molecule has 28 heavy (non-hydrogen) atoms. The van der Waals surface area contributed by atoms with E-state index in [0.29, 0.717) is 42.2 Å². The Balaban J connectivity index is 1.41. The molecule has 0 unspecified atom stereocenters. The van der Waals surface area contributed by atoms with Crippen LogP contribution >= 0.6 is 0 Å². The number of benzene rings is 1. The number of aliphatic hydroxyl groups is 1. The van der Waals surface area contributed by atoms with Crippen molar-refractivity contribution in [2.75, 3.05) is 18.4 Å². The third-order valence-electron chi connectivity index (χ3n) is 5.34. The third kappa shape index (κ3) is 3.62. The lowest BCUT2D eigenvalue weighted by atomic mass is 10.0. The van der Waals surface area contributed by atoms with E-state index in [4.69, 9.17) is 9.15 Å². The van der Waals surface area contributed by atoms with Crippen LogP contribution in [0.3, 0.4) is 0 Å². The molecule has 2 atom stereocenters. The molecule has 2 N–H and O–H groups in total. The van der Waals surface area contributed by atoms with E-state index in [2.05, 4.69) is 5.32 Å². The number of furan rings is 1. The minimum absolute atomic E-state index is 0.00119. The van der Waals surface area contributed by atoms with Crippen LogP contribution in [0.15, 0.2) is 28.7 Å². The molecule has 0 bridgehead atoms. The van der Waals surface area contributed by atoms with Gasteiger partial charge in [0.15, 0.2) is 0 Å². The Morgan fingerprint density at radius 2 is 2.11 bits per heavy atom. The van der Waals surface area contributed by atoms with Gasteiger partial charge in [0, 0.05) is 31.1 Å². The molecule has 1 saturated heterocycles. The molecule has 2 aliphatic heterocycles. The van der Waals surface area contributed by atoms with Gasteiger partial charge in [-0.1, -0.05) is 6.07 Å². The number of aryl methyl sites for hydroxylation is 3. The summed E-state index contributed by atoms with van der Waals surface area (Å²) in [6.07, 6.45) is 0.530. The molecule has 0 spiro atoms. The van der Waals surface area contributed by atoms with Crippen molar-refractivity contribution in [2.24, 2.45) is 0 Å². The number of rotatable bonds is 3. The summed E-state index contributed by atoms with van der Waals surface area (Å²) in [6.45, 7) is 4.27. The molecular formula is C21H24N2O5. The van der Waals surface area contributed by atoms with Crippen LogP contribution in [-0.4, -0.2) is 47.1 Å². The highest BCUT2D eigenvalue weighted by Crippen LogP contribution is 2.29. The van der Waals surface area contributed by atoms with E-state index in [1.807, 2.05) is 12.1 Å². The van der Waals surface area contributed by atoms with Crippen LogP contribution < -0.4 is 10.1 Å². The van der Waals surface area contributed by atoms with E-state index < -0.39 is 12.2 Å². The molecule has 7 heteroatoms. The Kier molecular flexibility index (Phi) is 4.85. The number of fused-ring (bicyclic) bond motifs is 1. The molecular weight excluding hydrogens is 360 g/mol. The number of ether oxygens (including phenoxy) is 1. The van der Waals surface area contributed by atoms with Crippen molar-refractivity contribution in [3.63, 3.8) is 0 Å². The number of anilines is 1. The Hall–Kier alpha value is -2.80. The molecule has 1 aromatic heterocycles. The average Bonchev–Trinajstić information content (AvgIpc) is 3.00. The van der Waals surface area contributed by atoms with Crippen LogP contribution in [0, 0.1) is 13.8 Å². The molecule has 4 rings (SSSR count). The Morgan fingerprint density at radius 3 is 2.82 bits per heavy atom. The zero-order valence-electron chi connectivity index (χ0n) is 16.0. The highest BCUT2D eigenvalue weighted by Gasteiger charge is 2.33. The average molecular weight is 384 g/mol. The maximum Gasteiger partial charge on any atom is 0.257 e. The first-order chi connectivity index (χ1) is 13.4. The number of hydrogen-bond acceptors (Lipinski definition) is 5. The molecule has 148 valence electrons. The lowest BCUT2D eigenvalue weighted by molar-refractivity contribution is -0.116. The smallest absolute Gasteiger partial charge is 0.257 e. The monoisotopic (exact) mass is 384 g/mol. The van der Waals surface area contributed by atoms with Crippen LogP contribution in [0.1, 0.15) is 40.3 Å². The number of nitrogens with zero attached hydrogens (tertiary/aromatic N) is 1. The van der Waals surface area contributed by atoms with Gasteiger partial charge >= 0.3 is 0 Å². The highest BCUT2D eigenvalue weighted by molar-refractivity contribution is 5.95. The first-order valence-corrected chi connectivity index (χ1v) is 9.54. The summed E-state index contributed by atoms with van der Waals surface area (Å²) in [5.41, 5.74) is 2.38. The fraction of sp³-hybridized carbons (Fsp3) is 0.429. The molecule has 1 fully saturated rings. The second kappa shape index (κ2) is 7.31. The maximum atomic E-state index is 12.7. The summed E-state index contributed by atoms with van der Waals surface area (Å²) in [6, 6.07) is 7.33. The summed E-state index contributed by atoms with van der Waals surface area (Å²) < 4.78 is 11.4. The number of piperidine rings is 1. The van der Waals surface area contributed by atoms with Crippen LogP contribution in [0.5, 0.6) is 5.75 Å². The van der Waals surface area contributed by atoms with Crippen LogP contribution in [0.2, 0.25) is 0 Å². The Morgan fingerprint density at radius 1 is 1.29 bits per heavy atom. The van der Waals surface area contributed by atoms with Crippen molar-refractivity contribution in [3.05, 3.63) is 46.9 Å². The van der Waals surface area contributed by atoms with Crippen molar-refractivity contribution >= 4 is 17.5 Å². The van der Waals surface area contributed by atoms with Gasteiger partial charge in [-0.05, 0) is 38.0 Å². The van der Waals surface area contributed by atoms with E-state index >= 15 is 0 Å². The molecule has 1 aromatic carbocycles. The van der Waals surface area contributed by atoms with Gasteiger partial charge in [0.1, 0.15) is 29.5 Å². The molecule has 0 saturated carbocycles. The second-order valence-electron chi connectivity index (χ2n) is 7.46. The number of aliphatic hydroxyl groups excluding tert-OH is 1. The fourth-order valence-corrected chi connectivity index (χ4v) is 3.84. The van der Waals surface area contributed by atoms with Crippen LogP contribution in [-0.2, 0) is 11.2 Å². The van der Waals surface area contributed by atoms with E-state index in [1.54, 1.807) is 30.9 Å². The topological polar surface area (TPSA) is 92.0 Å². The zero-order valence-corrected chi connectivity index (χ0v) is 16.0. The predicted molar refractivity (Wildman–Crippen MR) is 103 cm³/mol. The molecule has 3 heterocycles. The number of carbonyl (C=O) groups is 2. The lowest BCUT2D eigenvalue weighted by Crippen LogP contribution is -2.51. The SMILES string of the molecule is Cc1cc(C(=O)N2CC[C@@H](Oc3ccc4c(c3)NC(=O)CC4)[C@H](O)C2)c(C)o1. The second-order valence-corrected chi connectivity index (χ2v) is 7.46. The lowest BCUT2D eigenvalue weighted by Gasteiger charge is -2.36. The highest BCUT2D eigenvalue weighted by atomic mass is 16.5. The van der Waals surface area contributed by atoms with Crippen LogP contribution in [0.25, 0.3) is 0 Å². The Bertz CT molecular complexity index is 920. The van der Waals surface area contributed by atoms with Gasteiger partial charge in [-0.2, -0.15) is 0 Å². The van der Waals surface area contributed by atoms with Crippen molar-refractivity contribution in [1.82, 2.24) is 4.90 Å². The van der Waals surface area contributed by atoms with Gasteiger partial charge in [-0.3, -0.25) is 9.59 Å². The van der Waals surface area contributed by atoms with Gasteiger partial charge < -0.3 is 24.5 Å². The molecule has 7 nitrogen and oxygen atoms in total. The van der Waals surface area contributed by atoms with Gasteiger partial charge in [0.05, 0.1) is 12.1 Å². The molecule has 0 aliphatic carbocycles. The van der Waals surface area contributed by atoms with Crippen molar-refractivity contribution in [3.8, 4) is 5.75 Å². The van der Waals surface area contributed by atoms with E-state index in [9.17, 15) is 14.7 Å². The van der Waals surface area contributed by atoms with E-state index in [-0.39, 0.29) is 18.4 Å². The third-order valence-corrected chi connectivity index (χ3v) is 5.34. The normalized spacial score (nSPS) is 21.8. The number of likely N-dealkylation sites (tertiary alicyclic amines) is 1. The summed E-state index contributed by atoms with van der Waals surface area (Å²) in [7, 11) is 0. The number of β-amino-alcohol motifs (C(OH)–C–C–N with tert-alkyl or cyclic N) is 1.